The minimum Gasteiger partial charge on any atom is -0.475 e. The highest BCUT2D eigenvalue weighted by atomic mass is 19.4. The maximum atomic E-state index is 10.6. The third-order valence-electron chi connectivity index (χ3n) is 5.52. The number of carbonyl (C=O) groups is 1. The highest BCUT2D eigenvalue weighted by Gasteiger charge is 2.40. The predicted molar refractivity (Wildman–Crippen MR) is 112 cm³/mol. The van der Waals surface area contributed by atoms with Gasteiger partial charge in [0.05, 0.1) is 12.2 Å². The van der Waals surface area contributed by atoms with Crippen LogP contribution in [0.2, 0.25) is 0 Å². The Hall–Kier alpha value is -2.95. The molecule has 0 aromatic carbocycles. The molecular weight excluding hydrogens is 427 g/mol. The summed E-state index contributed by atoms with van der Waals surface area (Å²) in [5.41, 5.74) is 1.11. The van der Waals surface area contributed by atoms with Crippen LogP contribution < -0.4 is 9.80 Å². The number of anilines is 2. The molecule has 2 saturated heterocycles. The van der Waals surface area contributed by atoms with Gasteiger partial charge < -0.3 is 19.6 Å². The molecule has 2 fully saturated rings. The van der Waals surface area contributed by atoms with Crippen molar-refractivity contribution in [3.8, 4) is 0 Å². The molecule has 0 atom stereocenters. The summed E-state index contributed by atoms with van der Waals surface area (Å²) in [6.07, 6.45) is 3.61. The summed E-state index contributed by atoms with van der Waals surface area (Å²) < 4.78 is 38.0. The largest absolute Gasteiger partial charge is 0.490 e. The Labute approximate surface area is 184 Å². The molecule has 2 aromatic heterocycles. The quantitative estimate of drug-likeness (QED) is 0.759. The normalized spacial score (nSPS) is 18.1. The van der Waals surface area contributed by atoms with E-state index in [9.17, 15) is 13.2 Å². The average molecular weight is 453 g/mol. The van der Waals surface area contributed by atoms with E-state index in [-0.39, 0.29) is 5.60 Å². The third kappa shape index (κ3) is 6.06. The van der Waals surface area contributed by atoms with Gasteiger partial charge >= 0.3 is 12.1 Å². The molecule has 0 saturated carbocycles. The third-order valence-corrected chi connectivity index (χ3v) is 5.52. The van der Waals surface area contributed by atoms with Gasteiger partial charge in [-0.1, -0.05) is 13.0 Å². The summed E-state index contributed by atoms with van der Waals surface area (Å²) in [4.78, 5) is 27.1. The van der Waals surface area contributed by atoms with Crippen LogP contribution >= 0.6 is 0 Å². The van der Waals surface area contributed by atoms with Crippen LogP contribution in [-0.2, 0) is 16.0 Å². The van der Waals surface area contributed by atoms with Crippen molar-refractivity contribution in [2.45, 2.75) is 38.0 Å². The van der Waals surface area contributed by atoms with E-state index >= 15 is 0 Å². The van der Waals surface area contributed by atoms with Gasteiger partial charge in [-0.3, -0.25) is 0 Å². The Morgan fingerprint density at radius 1 is 1.12 bits per heavy atom. The fourth-order valence-corrected chi connectivity index (χ4v) is 3.69. The molecule has 4 rings (SSSR count). The summed E-state index contributed by atoms with van der Waals surface area (Å²) in [6, 6.07) is 6.09. The maximum absolute atomic E-state index is 10.6. The molecule has 174 valence electrons. The monoisotopic (exact) mass is 453 g/mol. The molecule has 0 radical (unpaired) electrons. The summed E-state index contributed by atoms with van der Waals surface area (Å²) in [6.45, 7) is 6.57. The molecule has 4 heterocycles. The van der Waals surface area contributed by atoms with Crippen LogP contribution in [0.5, 0.6) is 0 Å². The van der Waals surface area contributed by atoms with Crippen molar-refractivity contribution in [1.29, 1.82) is 0 Å². The lowest BCUT2D eigenvalue weighted by atomic mass is 9.89. The zero-order valence-electron chi connectivity index (χ0n) is 17.8. The van der Waals surface area contributed by atoms with E-state index in [4.69, 9.17) is 14.6 Å². The number of hydrogen-bond acceptors (Lipinski definition) is 7. The van der Waals surface area contributed by atoms with Gasteiger partial charge in [-0.15, -0.1) is 0 Å². The Morgan fingerprint density at radius 3 is 2.31 bits per heavy atom. The fourth-order valence-electron chi connectivity index (χ4n) is 3.69. The molecule has 0 aliphatic carbocycles. The minimum absolute atomic E-state index is 0.0738. The number of aliphatic carboxylic acids is 1. The number of alkyl halides is 3. The molecule has 0 amide bonds. The number of halogens is 3. The van der Waals surface area contributed by atoms with Crippen LogP contribution in [0.1, 0.15) is 25.3 Å². The van der Waals surface area contributed by atoms with E-state index in [1.807, 2.05) is 30.7 Å². The first-order chi connectivity index (χ1) is 15.2. The first kappa shape index (κ1) is 23.7. The van der Waals surface area contributed by atoms with E-state index in [0.29, 0.717) is 0 Å². The molecular formula is C21H26F3N5O3. The van der Waals surface area contributed by atoms with Crippen molar-refractivity contribution < 1.29 is 27.8 Å². The van der Waals surface area contributed by atoms with Gasteiger partial charge in [0.25, 0.3) is 0 Å². The lowest BCUT2D eigenvalue weighted by Gasteiger charge is -2.47. The summed E-state index contributed by atoms with van der Waals surface area (Å²) >= 11 is 0. The van der Waals surface area contributed by atoms with E-state index in [2.05, 4.69) is 37.7 Å². The number of pyridine rings is 1. The number of aromatic nitrogens is 3. The van der Waals surface area contributed by atoms with Crippen molar-refractivity contribution in [2.75, 3.05) is 42.6 Å². The van der Waals surface area contributed by atoms with Gasteiger partial charge in [0.15, 0.2) is 0 Å². The number of rotatable bonds is 3. The Balaban J connectivity index is 0.000000360. The molecule has 8 nitrogen and oxygen atoms in total. The van der Waals surface area contributed by atoms with Crippen molar-refractivity contribution in [3.05, 3.63) is 42.4 Å². The maximum Gasteiger partial charge on any atom is 0.490 e. The molecule has 2 aliphatic heterocycles. The topological polar surface area (TPSA) is 91.7 Å². The number of hydrogen-bond donors (Lipinski definition) is 1. The van der Waals surface area contributed by atoms with E-state index in [1.165, 1.54) is 5.56 Å². The lowest BCUT2D eigenvalue weighted by Crippen LogP contribution is -2.57. The van der Waals surface area contributed by atoms with E-state index in [0.717, 1.165) is 63.8 Å². The van der Waals surface area contributed by atoms with Crippen LogP contribution in [-0.4, -0.2) is 70.6 Å². The van der Waals surface area contributed by atoms with Gasteiger partial charge in [-0.2, -0.15) is 13.2 Å². The number of nitrogens with zero attached hydrogens (tertiary/aromatic N) is 5. The Morgan fingerprint density at radius 2 is 1.78 bits per heavy atom. The number of carboxylic acid groups (broad SMARTS) is 1. The van der Waals surface area contributed by atoms with Crippen LogP contribution in [0.15, 0.2) is 36.8 Å². The first-order valence-electron chi connectivity index (χ1n) is 10.4. The number of carboxylic acids is 1. The number of morpholine rings is 1. The summed E-state index contributed by atoms with van der Waals surface area (Å²) in [7, 11) is 0. The molecule has 2 aromatic rings. The zero-order valence-corrected chi connectivity index (χ0v) is 17.8. The van der Waals surface area contributed by atoms with E-state index in [1.54, 1.807) is 0 Å². The number of aryl methyl sites for hydroxylation is 1. The Kier molecular flexibility index (Phi) is 7.49. The standard InChI is InChI=1S/C19H25N5O.C2HF3O2/c1-2-16-13-21-18(22-14-16)23-9-6-19(7-10-23)15-24(11-12-25-19)17-5-3-4-8-20-17;3-2(4,5)1(6)7/h3-5,8,13-14H,2,6-7,9-12,15H2,1H3;(H,6,7). The lowest BCUT2D eigenvalue weighted by molar-refractivity contribution is -0.192. The van der Waals surface area contributed by atoms with Gasteiger partial charge in [0, 0.05) is 44.8 Å². The van der Waals surface area contributed by atoms with Crippen molar-refractivity contribution in [1.82, 2.24) is 15.0 Å². The second-order valence-corrected chi connectivity index (χ2v) is 7.68. The number of ether oxygens (including phenoxy) is 1. The molecule has 2 aliphatic rings. The zero-order chi connectivity index (χ0) is 23.2. The van der Waals surface area contributed by atoms with Crippen molar-refractivity contribution in [2.24, 2.45) is 0 Å². The highest BCUT2D eigenvalue weighted by Crippen LogP contribution is 2.32. The van der Waals surface area contributed by atoms with Gasteiger partial charge in [0.1, 0.15) is 5.82 Å². The fraction of sp³-hybridized carbons (Fsp3) is 0.524. The summed E-state index contributed by atoms with van der Waals surface area (Å²) in [5.74, 6) is -0.872. The van der Waals surface area contributed by atoms with Crippen LogP contribution in [0, 0.1) is 0 Å². The van der Waals surface area contributed by atoms with Crippen LogP contribution in [0.3, 0.4) is 0 Å². The van der Waals surface area contributed by atoms with Gasteiger partial charge in [0.2, 0.25) is 5.95 Å². The second kappa shape index (κ2) is 10.1. The van der Waals surface area contributed by atoms with Gasteiger partial charge in [-0.05, 0) is 37.0 Å². The molecule has 0 unspecified atom stereocenters. The highest BCUT2D eigenvalue weighted by molar-refractivity contribution is 5.73. The second-order valence-electron chi connectivity index (χ2n) is 7.68. The van der Waals surface area contributed by atoms with Crippen molar-refractivity contribution >= 4 is 17.7 Å². The van der Waals surface area contributed by atoms with Gasteiger partial charge in [-0.25, -0.2) is 19.7 Å². The first-order valence-corrected chi connectivity index (χ1v) is 10.4. The SMILES string of the molecule is CCc1cnc(N2CCC3(CC2)CN(c2ccccn2)CCO3)nc1.O=C(O)C(F)(F)F. The number of piperidine rings is 1. The van der Waals surface area contributed by atoms with E-state index < -0.39 is 12.1 Å². The minimum atomic E-state index is -5.08. The molecule has 32 heavy (non-hydrogen) atoms. The molecule has 1 spiro atoms. The smallest absolute Gasteiger partial charge is 0.475 e. The Bertz CT molecular complexity index is 872. The van der Waals surface area contributed by atoms with Crippen LogP contribution in [0.4, 0.5) is 24.9 Å². The molecule has 1 N–H and O–H groups in total. The summed E-state index contributed by atoms with van der Waals surface area (Å²) in [5, 5.41) is 7.12. The predicted octanol–water partition coefficient (Wildman–Crippen LogP) is 2.94. The molecule has 11 heteroatoms. The van der Waals surface area contributed by atoms with Crippen LogP contribution in [0.25, 0.3) is 0 Å². The average Bonchev–Trinajstić information content (AvgIpc) is 2.80. The molecule has 0 bridgehead atoms. The van der Waals surface area contributed by atoms with Crippen molar-refractivity contribution in [3.63, 3.8) is 0 Å².